The van der Waals surface area contributed by atoms with Crippen molar-refractivity contribution in [3.05, 3.63) is 75.2 Å². The van der Waals surface area contributed by atoms with Crippen molar-refractivity contribution in [2.75, 3.05) is 26.8 Å². The number of aryl methyl sites for hydroxylation is 1. The van der Waals surface area contributed by atoms with Crippen LogP contribution in [0.15, 0.2) is 47.6 Å². The zero-order valence-electron chi connectivity index (χ0n) is 18.3. The van der Waals surface area contributed by atoms with Gasteiger partial charge < -0.3 is 10.1 Å². The molecule has 4 nitrogen and oxygen atoms in total. The average Bonchev–Trinajstić information content (AvgIpc) is 2.74. The van der Waals surface area contributed by atoms with Crippen LogP contribution >= 0.6 is 0 Å². The summed E-state index contributed by atoms with van der Waals surface area (Å²) >= 11 is 0. The molecule has 1 N–H and O–H groups in total. The summed E-state index contributed by atoms with van der Waals surface area (Å²) in [5.74, 6) is 1.23. The summed E-state index contributed by atoms with van der Waals surface area (Å²) in [6, 6.07) is 9.60. The molecule has 1 heterocycles. The van der Waals surface area contributed by atoms with Gasteiger partial charge in [0.25, 0.3) is 0 Å². The molecule has 0 radical (unpaired) electrons. The Morgan fingerprint density at radius 3 is 2.12 bits per heavy atom. The monoisotopic (exact) mass is 476 g/mol. The highest BCUT2D eigenvalue weighted by Crippen LogP contribution is 2.36. The molecule has 2 atom stereocenters. The molecular weight excluding hydrogens is 450 g/mol. The molecule has 0 spiro atoms. The second-order valence-corrected chi connectivity index (χ2v) is 7.95. The minimum atomic E-state index is -4.90. The largest absolute Gasteiger partial charge is 0.416 e. The molecule has 0 bridgehead atoms. The molecule has 1 aliphatic heterocycles. The summed E-state index contributed by atoms with van der Waals surface area (Å²) in [6.45, 7) is 4.29. The number of halogens is 6. The van der Waals surface area contributed by atoms with Gasteiger partial charge in [0, 0.05) is 5.92 Å². The highest BCUT2D eigenvalue weighted by molar-refractivity contribution is 5.33. The second kappa shape index (κ2) is 11.6. The lowest BCUT2D eigenvalue weighted by molar-refractivity contribution is -0.143. The third-order valence-electron chi connectivity index (χ3n) is 5.31. The molecule has 3 rings (SSSR count). The molecule has 0 saturated carbocycles. The minimum Gasteiger partial charge on any atom is -0.380 e. The average molecular weight is 476 g/mol. The van der Waals surface area contributed by atoms with Crippen LogP contribution in [0.3, 0.4) is 0 Å². The SMILES string of the molecule is CNCC1COCC(c2ccccc2C)C1.O=NCc1cc(C(F)(F)F)cc(C(F)(F)F)c1. The summed E-state index contributed by atoms with van der Waals surface area (Å²) in [7, 11) is 2.01. The molecule has 1 aliphatic rings. The third-order valence-corrected chi connectivity index (χ3v) is 5.31. The van der Waals surface area contributed by atoms with Gasteiger partial charge in [0.15, 0.2) is 0 Å². The minimum absolute atomic E-state index is 0.00565. The van der Waals surface area contributed by atoms with E-state index in [0.717, 1.165) is 19.8 Å². The normalized spacial score (nSPS) is 18.9. The Morgan fingerprint density at radius 1 is 1.00 bits per heavy atom. The zero-order valence-corrected chi connectivity index (χ0v) is 18.3. The first-order chi connectivity index (χ1) is 15.5. The van der Waals surface area contributed by atoms with Crippen molar-refractivity contribution in [1.82, 2.24) is 5.32 Å². The van der Waals surface area contributed by atoms with E-state index in [2.05, 4.69) is 41.7 Å². The maximum absolute atomic E-state index is 12.3. The lowest BCUT2D eigenvalue weighted by Crippen LogP contribution is -2.31. The first-order valence-corrected chi connectivity index (χ1v) is 10.3. The van der Waals surface area contributed by atoms with Gasteiger partial charge in [0.05, 0.1) is 24.3 Å². The fourth-order valence-electron chi connectivity index (χ4n) is 3.79. The van der Waals surface area contributed by atoms with Crippen molar-refractivity contribution in [2.24, 2.45) is 11.1 Å². The third kappa shape index (κ3) is 8.12. The van der Waals surface area contributed by atoms with E-state index in [1.165, 1.54) is 17.5 Å². The summed E-state index contributed by atoms with van der Waals surface area (Å²) in [5, 5.41) is 5.51. The quantitative estimate of drug-likeness (QED) is 0.406. The van der Waals surface area contributed by atoms with Crippen LogP contribution in [0.4, 0.5) is 26.3 Å². The van der Waals surface area contributed by atoms with Crippen LogP contribution in [0, 0.1) is 17.7 Å². The Bertz CT molecular complexity index is 880. The summed E-state index contributed by atoms with van der Waals surface area (Å²) in [4.78, 5) is 9.88. The van der Waals surface area contributed by atoms with Gasteiger partial charge in [-0.15, -0.1) is 0 Å². The maximum Gasteiger partial charge on any atom is 0.416 e. The van der Waals surface area contributed by atoms with Gasteiger partial charge in [0.1, 0.15) is 6.54 Å². The standard InChI is InChI=1S/C14H21NO.C9H5F6NO/c1-11-5-3-4-6-14(11)13-7-12(8-15-2)9-16-10-13;10-8(11,12)6-1-5(4-16-17)2-7(3-6)9(13,14)15/h3-6,12-13,15H,7-10H2,1-2H3;1-3H,4H2. The lowest BCUT2D eigenvalue weighted by atomic mass is 9.85. The molecule has 10 heteroatoms. The van der Waals surface area contributed by atoms with E-state index < -0.39 is 35.6 Å². The van der Waals surface area contributed by atoms with Gasteiger partial charge in [-0.2, -0.15) is 31.2 Å². The fourth-order valence-corrected chi connectivity index (χ4v) is 3.79. The number of nitroso groups, excluding NO2 is 1. The Balaban J connectivity index is 0.000000234. The first kappa shape index (κ1) is 26.8. The number of benzene rings is 2. The van der Waals surface area contributed by atoms with Gasteiger partial charge in [-0.05, 0) is 67.7 Å². The van der Waals surface area contributed by atoms with Crippen LogP contribution in [0.1, 0.15) is 40.2 Å². The molecule has 182 valence electrons. The van der Waals surface area contributed by atoms with Crippen LogP contribution in [-0.4, -0.2) is 26.8 Å². The van der Waals surface area contributed by atoms with Gasteiger partial charge in [-0.25, -0.2) is 0 Å². The summed E-state index contributed by atoms with van der Waals surface area (Å²) in [6.07, 6.45) is -8.57. The molecular formula is C23H26F6N2O2. The lowest BCUT2D eigenvalue weighted by Gasteiger charge is -2.30. The van der Waals surface area contributed by atoms with Crippen molar-refractivity contribution in [3.63, 3.8) is 0 Å². The van der Waals surface area contributed by atoms with Crippen LogP contribution in [0.5, 0.6) is 0 Å². The van der Waals surface area contributed by atoms with Crippen molar-refractivity contribution in [3.8, 4) is 0 Å². The molecule has 0 aliphatic carbocycles. The predicted octanol–water partition coefficient (Wildman–Crippen LogP) is 6.33. The highest BCUT2D eigenvalue weighted by atomic mass is 19.4. The number of rotatable bonds is 5. The second-order valence-electron chi connectivity index (χ2n) is 7.95. The van der Waals surface area contributed by atoms with Crippen LogP contribution in [0.25, 0.3) is 0 Å². The Labute approximate surface area is 188 Å². The highest BCUT2D eigenvalue weighted by Gasteiger charge is 2.36. The molecule has 2 aromatic rings. The van der Waals surface area contributed by atoms with Crippen molar-refractivity contribution >= 4 is 0 Å². The van der Waals surface area contributed by atoms with Crippen molar-refractivity contribution in [2.45, 2.75) is 38.2 Å². The van der Waals surface area contributed by atoms with Crippen LogP contribution in [0.2, 0.25) is 0 Å². The summed E-state index contributed by atoms with van der Waals surface area (Å²) < 4.78 is 79.5. The Morgan fingerprint density at radius 2 is 1.61 bits per heavy atom. The number of nitrogens with zero attached hydrogens (tertiary/aromatic N) is 1. The van der Waals surface area contributed by atoms with E-state index in [1.807, 2.05) is 7.05 Å². The van der Waals surface area contributed by atoms with E-state index >= 15 is 0 Å². The molecule has 0 amide bonds. The van der Waals surface area contributed by atoms with E-state index in [0.29, 0.717) is 24.0 Å². The maximum atomic E-state index is 12.3. The van der Waals surface area contributed by atoms with Gasteiger partial charge in [0.2, 0.25) is 0 Å². The van der Waals surface area contributed by atoms with E-state index in [9.17, 15) is 31.2 Å². The number of alkyl halides is 6. The summed E-state index contributed by atoms with van der Waals surface area (Å²) in [5.41, 5.74) is -0.483. The Hall–Kier alpha value is -2.46. The van der Waals surface area contributed by atoms with Gasteiger partial charge >= 0.3 is 12.4 Å². The number of ether oxygens (including phenoxy) is 1. The molecule has 1 saturated heterocycles. The topological polar surface area (TPSA) is 50.7 Å². The molecule has 1 fully saturated rings. The van der Waals surface area contributed by atoms with E-state index in [-0.39, 0.29) is 6.07 Å². The number of hydrogen-bond acceptors (Lipinski definition) is 4. The molecule has 0 aromatic heterocycles. The number of hydrogen-bond donors (Lipinski definition) is 1. The van der Waals surface area contributed by atoms with E-state index in [4.69, 9.17) is 4.74 Å². The molecule has 2 unspecified atom stereocenters. The molecule has 2 aromatic carbocycles. The first-order valence-electron chi connectivity index (χ1n) is 10.3. The fraction of sp³-hybridized carbons (Fsp3) is 0.478. The smallest absolute Gasteiger partial charge is 0.380 e. The van der Waals surface area contributed by atoms with Gasteiger partial charge in [-0.3, -0.25) is 0 Å². The zero-order chi connectivity index (χ0) is 24.6. The van der Waals surface area contributed by atoms with Crippen molar-refractivity contribution in [1.29, 1.82) is 0 Å². The van der Waals surface area contributed by atoms with Gasteiger partial charge in [-0.1, -0.05) is 29.4 Å². The number of nitrogens with one attached hydrogen (secondary N) is 1. The van der Waals surface area contributed by atoms with Crippen LogP contribution < -0.4 is 5.32 Å². The Kier molecular flexibility index (Phi) is 9.42. The van der Waals surface area contributed by atoms with E-state index in [1.54, 1.807) is 0 Å². The van der Waals surface area contributed by atoms with Crippen LogP contribution in [-0.2, 0) is 23.6 Å². The molecule has 33 heavy (non-hydrogen) atoms. The predicted molar refractivity (Wildman–Crippen MR) is 113 cm³/mol. The van der Waals surface area contributed by atoms with Crippen molar-refractivity contribution < 1.29 is 31.1 Å².